The maximum absolute atomic E-state index is 12.4. The van der Waals surface area contributed by atoms with Crippen molar-refractivity contribution in [3.05, 3.63) is 65.9 Å². The van der Waals surface area contributed by atoms with Crippen LogP contribution in [0.15, 0.2) is 65.1 Å². The van der Waals surface area contributed by atoms with Crippen LogP contribution in [-0.2, 0) is 16.1 Å². The first-order valence-electron chi connectivity index (χ1n) is 9.87. The minimum Gasteiger partial charge on any atom is -0.477 e. The lowest BCUT2D eigenvalue weighted by Crippen LogP contribution is -2.63. The molecule has 156 valence electrons. The van der Waals surface area contributed by atoms with Gasteiger partial charge in [0.25, 0.3) is 0 Å². The van der Waals surface area contributed by atoms with E-state index < -0.39 is 18.0 Å². The lowest BCUT2D eigenvalue weighted by molar-refractivity contribution is -0.690. The van der Waals surface area contributed by atoms with Crippen molar-refractivity contribution in [2.75, 3.05) is 5.75 Å². The van der Waals surface area contributed by atoms with Crippen LogP contribution in [0.3, 0.4) is 0 Å². The number of rotatable bonds is 7. The molecule has 2 aromatic heterocycles. The Labute approximate surface area is 179 Å². The molecule has 4 heterocycles. The van der Waals surface area contributed by atoms with Gasteiger partial charge in [-0.25, -0.2) is 4.79 Å². The van der Waals surface area contributed by atoms with Gasteiger partial charge >= 0.3 is 5.97 Å². The van der Waals surface area contributed by atoms with Crippen LogP contribution < -0.4 is 4.57 Å². The number of pyridine rings is 2. The molecule has 0 aliphatic carbocycles. The minimum absolute atomic E-state index is 0.0826. The Balaban J connectivity index is 1.51. The fourth-order valence-electron chi connectivity index (χ4n) is 4.36. The largest absolute Gasteiger partial charge is 0.477 e. The zero-order valence-corrected chi connectivity index (χ0v) is 17.6. The number of aromatic nitrogens is 2. The van der Waals surface area contributed by atoms with Gasteiger partial charge in [-0.05, 0) is 30.7 Å². The van der Waals surface area contributed by atoms with Crippen molar-refractivity contribution in [1.82, 2.24) is 9.88 Å². The number of carbonyl (C=O) groups is 2. The van der Waals surface area contributed by atoms with Crippen molar-refractivity contribution in [3.63, 3.8) is 0 Å². The van der Waals surface area contributed by atoms with E-state index in [2.05, 4.69) is 4.98 Å². The molecule has 0 bridgehead atoms. The molecule has 2 aliphatic heterocycles. The van der Waals surface area contributed by atoms with Gasteiger partial charge in [0.05, 0.1) is 23.0 Å². The van der Waals surface area contributed by atoms with Crippen LogP contribution in [0.25, 0.3) is 0 Å². The maximum Gasteiger partial charge on any atom is 0.352 e. The van der Waals surface area contributed by atoms with Gasteiger partial charge < -0.3 is 15.1 Å². The van der Waals surface area contributed by atoms with Gasteiger partial charge in [0.2, 0.25) is 5.91 Å². The lowest BCUT2D eigenvalue weighted by atomic mass is 9.78. The molecule has 0 aromatic carbocycles. The maximum atomic E-state index is 12.4. The number of carboxylic acid groups (broad SMARTS) is 1. The zero-order valence-electron chi connectivity index (χ0n) is 16.8. The fraction of sp³-hybridized carbons (Fsp3) is 0.364. The van der Waals surface area contributed by atoms with Crippen molar-refractivity contribution < 1.29 is 24.4 Å². The molecular formula is C22H24N3O4S+. The van der Waals surface area contributed by atoms with Gasteiger partial charge in [0.15, 0.2) is 18.9 Å². The predicted octanol–water partition coefficient (Wildman–Crippen LogP) is 1.71. The van der Waals surface area contributed by atoms with Crippen molar-refractivity contribution in [1.29, 1.82) is 0 Å². The molecule has 0 spiro atoms. The zero-order chi connectivity index (χ0) is 21.4. The molecule has 4 rings (SSSR count). The van der Waals surface area contributed by atoms with E-state index in [1.807, 2.05) is 54.2 Å². The second kappa shape index (κ2) is 8.20. The van der Waals surface area contributed by atoms with E-state index in [1.54, 1.807) is 24.9 Å². The van der Waals surface area contributed by atoms with E-state index in [9.17, 15) is 19.8 Å². The second-order valence-corrected chi connectivity index (χ2v) is 8.80. The van der Waals surface area contributed by atoms with Gasteiger partial charge in [0, 0.05) is 23.9 Å². The molecule has 4 atom stereocenters. The molecule has 7 nitrogen and oxygen atoms in total. The predicted molar refractivity (Wildman–Crippen MR) is 110 cm³/mol. The van der Waals surface area contributed by atoms with Gasteiger partial charge in [-0.1, -0.05) is 13.0 Å². The Morgan fingerprint density at radius 3 is 2.80 bits per heavy atom. The fourth-order valence-corrected chi connectivity index (χ4v) is 5.46. The monoisotopic (exact) mass is 426 g/mol. The van der Waals surface area contributed by atoms with E-state index in [-0.39, 0.29) is 23.6 Å². The first-order valence-corrected chi connectivity index (χ1v) is 10.9. The van der Waals surface area contributed by atoms with Crippen molar-refractivity contribution in [3.8, 4) is 0 Å². The molecule has 0 saturated carbocycles. The van der Waals surface area contributed by atoms with Gasteiger partial charge in [-0.3, -0.25) is 9.78 Å². The number of hydrogen-bond donors (Lipinski definition) is 2. The third-order valence-corrected chi connectivity index (χ3v) is 6.84. The van der Waals surface area contributed by atoms with Crippen LogP contribution >= 0.6 is 11.8 Å². The third kappa shape index (κ3) is 3.61. The number of fused-ring (bicyclic) bond motifs is 1. The highest BCUT2D eigenvalue weighted by Gasteiger charge is 2.59. The number of carbonyl (C=O) groups excluding carboxylic acids is 1. The summed E-state index contributed by atoms with van der Waals surface area (Å²) in [4.78, 5) is 31.1. The molecule has 0 unspecified atom stereocenters. The Bertz CT molecular complexity index is 1010. The van der Waals surface area contributed by atoms with Crippen LogP contribution in [0.1, 0.15) is 19.5 Å². The van der Waals surface area contributed by atoms with E-state index >= 15 is 0 Å². The Hall–Kier alpha value is -2.71. The summed E-state index contributed by atoms with van der Waals surface area (Å²) >= 11 is 1.55. The summed E-state index contributed by atoms with van der Waals surface area (Å²) < 4.78 is 2.04. The summed E-state index contributed by atoms with van der Waals surface area (Å²) in [6, 6.07) is 9.47. The first kappa shape index (κ1) is 20.6. The molecule has 2 aromatic rings. The summed E-state index contributed by atoms with van der Waals surface area (Å²) in [7, 11) is 0. The SMILES string of the molecule is C[C@@H](O)[C@H]1C(=O)N2C(C(=O)O)=C(CSc3ccc[n+](Cc4ccccn4)c3)[C@H](C)[C@H]12. The van der Waals surface area contributed by atoms with Gasteiger partial charge in [-0.15, -0.1) is 11.8 Å². The highest BCUT2D eigenvalue weighted by atomic mass is 32.2. The summed E-state index contributed by atoms with van der Waals surface area (Å²) in [6.07, 6.45) is 4.96. The summed E-state index contributed by atoms with van der Waals surface area (Å²) in [5.74, 6) is -1.55. The molecule has 1 fully saturated rings. The number of hydrogen-bond acceptors (Lipinski definition) is 5. The molecule has 30 heavy (non-hydrogen) atoms. The average Bonchev–Trinajstić information content (AvgIpc) is 2.95. The van der Waals surface area contributed by atoms with Crippen molar-refractivity contribution in [2.24, 2.45) is 11.8 Å². The quantitative estimate of drug-likeness (QED) is 0.398. The van der Waals surface area contributed by atoms with Gasteiger partial charge in [0.1, 0.15) is 11.4 Å². The molecular weight excluding hydrogens is 402 g/mol. The van der Waals surface area contributed by atoms with Crippen molar-refractivity contribution >= 4 is 23.6 Å². The number of thioether (sulfide) groups is 1. The normalized spacial score (nSPS) is 23.9. The first-order chi connectivity index (χ1) is 14.4. The molecule has 8 heteroatoms. The van der Waals surface area contributed by atoms with E-state index in [0.717, 1.165) is 16.2 Å². The van der Waals surface area contributed by atoms with E-state index in [4.69, 9.17) is 0 Å². The smallest absolute Gasteiger partial charge is 0.352 e. The standard InChI is InChI=1S/C22H23N3O4S/c1-13-17(20(22(28)29)25-19(13)18(14(2)26)21(25)27)12-30-16-7-5-9-24(11-16)10-15-6-3-4-8-23-15/h3-9,11,13-14,18-19,26H,10,12H2,1-2H3/p+1/t13-,14+,18+,19+/m0/s1. The highest BCUT2D eigenvalue weighted by molar-refractivity contribution is 7.99. The minimum atomic E-state index is -1.09. The molecule has 1 saturated heterocycles. The Morgan fingerprint density at radius 1 is 1.33 bits per heavy atom. The molecule has 2 N–H and O–H groups in total. The summed E-state index contributed by atoms with van der Waals surface area (Å²) in [6.45, 7) is 4.18. The molecule has 1 amide bonds. The van der Waals surface area contributed by atoms with Crippen molar-refractivity contribution in [2.45, 2.75) is 37.4 Å². The topological polar surface area (TPSA) is 94.6 Å². The number of nitrogens with zero attached hydrogens (tertiary/aromatic N) is 3. The Kier molecular flexibility index (Phi) is 5.62. The average molecular weight is 427 g/mol. The number of aliphatic carboxylic acids is 1. The summed E-state index contributed by atoms with van der Waals surface area (Å²) in [5.41, 5.74) is 1.78. The third-order valence-electron chi connectivity index (χ3n) is 5.81. The number of aliphatic hydroxyl groups is 1. The number of aliphatic hydroxyl groups excluding tert-OH is 1. The number of carboxylic acids is 1. The summed E-state index contributed by atoms with van der Waals surface area (Å²) in [5, 5.41) is 19.7. The van der Waals surface area contributed by atoms with Crippen LogP contribution in [0.2, 0.25) is 0 Å². The van der Waals surface area contributed by atoms with Crippen LogP contribution in [-0.4, -0.2) is 49.9 Å². The molecule has 2 aliphatic rings. The number of β-lactam (4-membered cyclic amide) rings is 1. The lowest BCUT2D eigenvalue weighted by Gasteiger charge is -2.46. The highest BCUT2D eigenvalue weighted by Crippen LogP contribution is 2.48. The molecule has 0 radical (unpaired) electrons. The van der Waals surface area contributed by atoms with Crippen LogP contribution in [0, 0.1) is 11.8 Å². The van der Waals surface area contributed by atoms with Gasteiger partial charge in [-0.2, -0.15) is 4.57 Å². The van der Waals surface area contributed by atoms with E-state index in [0.29, 0.717) is 12.3 Å². The Morgan fingerprint density at radius 2 is 2.13 bits per heavy atom. The second-order valence-electron chi connectivity index (χ2n) is 7.75. The van der Waals surface area contributed by atoms with Crippen LogP contribution in [0.4, 0.5) is 0 Å². The van der Waals surface area contributed by atoms with Crippen LogP contribution in [0.5, 0.6) is 0 Å². The van der Waals surface area contributed by atoms with E-state index in [1.165, 1.54) is 4.90 Å². The number of amides is 1.